The van der Waals surface area contributed by atoms with Gasteiger partial charge in [-0.2, -0.15) is 0 Å². The molecular formula is C18H44N4Si. The Bertz CT molecular complexity index is 237. The van der Waals surface area contributed by atoms with E-state index in [0.717, 1.165) is 26.2 Å². The second kappa shape index (κ2) is 14.4. The van der Waals surface area contributed by atoms with Gasteiger partial charge in [0.1, 0.15) is 0 Å². The van der Waals surface area contributed by atoms with Gasteiger partial charge >= 0.3 is 0 Å². The molecule has 0 atom stereocenters. The van der Waals surface area contributed by atoms with Crippen molar-refractivity contribution < 1.29 is 0 Å². The average molecular weight is 345 g/mol. The van der Waals surface area contributed by atoms with Gasteiger partial charge in [0, 0.05) is 34.3 Å². The Balaban J connectivity index is 4.04. The summed E-state index contributed by atoms with van der Waals surface area (Å²) in [5, 5.41) is 6.88. The lowest BCUT2D eigenvalue weighted by atomic mass is 10.4. The van der Waals surface area contributed by atoms with E-state index >= 15 is 0 Å². The molecule has 0 bridgehead atoms. The van der Waals surface area contributed by atoms with Crippen molar-refractivity contribution in [2.75, 3.05) is 65.4 Å². The van der Waals surface area contributed by atoms with Gasteiger partial charge in [0.05, 0.1) is 0 Å². The van der Waals surface area contributed by atoms with Crippen LogP contribution in [0.4, 0.5) is 0 Å². The second-order valence-corrected chi connectivity index (χ2v) is 12.6. The Hall–Kier alpha value is 0.0569. The van der Waals surface area contributed by atoms with E-state index in [1.54, 1.807) is 0 Å². The fourth-order valence-electron chi connectivity index (χ4n) is 2.73. The van der Waals surface area contributed by atoms with E-state index in [1.165, 1.54) is 51.4 Å². The van der Waals surface area contributed by atoms with Crippen LogP contribution in [0, 0.1) is 0 Å². The number of hydrogen-bond acceptors (Lipinski definition) is 4. The lowest BCUT2D eigenvalue weighted by Crippen LogP contribution is -2.40. The molecule has 0 aromatic heterocycles. The number of likely N-dealkylation sites (N-methyl/N-ethyl adjacent to an activating group) is 4. The minimum Gasteiger partial charge on any atom is -0.316 e. The zero-order valence-corrected chi connectivity index (χ0v) is 17.9. The highest BCUT2D eigenvalue weighted by molar-refractivity contribution is 6.77. The summed E-state index contributed by atoms with van der Waals surface area (Å²) in [4.78, 5) is 5.22. The van der Waals surface area contributed by atoms with Crippen molar-refractivity contribution in [1.29, 1.82) is 0 Å². The molecule has 0 saturated carbocycles. The largest absolute Gasteiger partial charge is 0.316 e. The second-order valence-electron chi connectivity index (χ2n) is 7.24. The lowest BCUT2D eigenvalue weighted by Gasteiger charge is -2.30. The van der Waals surface area contributed by atoms with Crippen LogP contribution < -0.4 is 10.6 Å². The van der Waals surface area contributed by atoms with Crippen LogP contribution in [0.25, 0.3) is 0 Å². The standard InChI is InChI=1S/C18H44N4Si/c1-7-19-11-13-21(9-3)15-17-23(5,6)18-16-22(10-4)14-12-20-8-2/h19-20H,7-18H2,1-6H3. The molecule has 140 valence electrons. The number of hydrogen-bond donors (Lipinski definition) is 2. The van der Waals surface area contributed by atoms with Gasteiger partial charge in [0.15, 0.2) is 0 Å². The third kappa shape index (κ3) is 13.1. The molecule has 0 saturated heterocycles. The number of nitrogens with zero attached hydrogens (tertiary/aromatic N) is 2. The zero-order chi connectivity index (χ0) is 17.6. The van der Waals surface area contributed by atoms with Crippen molar-refractivity contribution in [3.05, 3.63) is 0 Å². The highest BCUT2D eigenvalue weighted by Crippen LogP contribution is 2.16. The molecule has 0 unspecified atom stereocenters. The normalized spacial score (nSPS) is 12.5. The summed E-state index contributed by atoms with van der Waals surface area (Å²) in [7, 11) is -1.08. The molecule has 0 aliphatic heterocycles. The van der Waals surface area contributed by atoms with Gasteiger partial charge in [-0.15, -0.1) is 0 Å². The molecule has 4 nitrogen and oxygen atoms in total. The third-order valence-corrected chi connectivity index (χ3v) is 7.97. The molecule has 0 aliphatic rings. The molecule has 0 spiro atoms. The Morgan fingerprint density at radius 2 is 1.04 bits per heavy atom. The minimum absolute atomic E-state index is 1.08. The van der Waals surface area contributed by atoms with E-state index in [9.17, 15) is 0 Å². The number of rotatable bonds is 16. The molecule has 5 heteroatoms. The van der Waals surface area contributed by atoms with Gasteiger partial charge in [0.2, 0.25) is 0 Å². The first-order chi connectivity index (χ1) is 11.0. The van der Waals surface area contributed by atoms with Crippen LogP contribution in [0.3, 0.4) is 0 Å². The summed E-state index contributed by atoms with van der Waals surface area (Å²) in [5.74, 6) is 0. The minimum atomic E-state index is -1.08. The predicted octanol–water partition coefficient (Wildman–Crippen LogP) is 2.56. The van der Waals surface area contributed by atoms with Crippen LogP contribution >= 0.6 is 0 Å². The smallest absolute Gasteiger partial charge is 0.0498 e. The van der Waals surface area contributed by atoms with Gasteiger partial charge in [-0.3, -0.25) is 0 Å². The van der Waals surface area contributed by atoms with E-state index in [0.29, 0.717) is 0 Å². The van der Waals surface area contributed by atoms with Crippen LogP contribution in [0.5, 0.6) is 0 Å². The van der Waals surface area contributed by atoms with Crippen LogP contribution in [0.15, 0.2) is 0 Å². The van der Waals surface area contributed by atoms with Crippen molar-refractivity contribution in [1.82, 2.24) is 20.4 Å². The Kier molecular flexibility index (Phi) is 14.4. The molecule has 0 aromatic carbocycles. The van der Waals surface area contributed by atoms with Gasteiger partial charge < -0.3 is 20.4 Å². The summed E-state index contributed by atoms with van der Waals surface area (Å²) in [6.45, 7) is 25.8. The topological polar surface area (TPSA) is 30.5 Å². The van der Waals surface area contributed by atoms with E-state index in [2.05, 4.69) is 61.2 Å². The lowest BCUT2D eigenvalue weighted by molar-refractivity contribution is 0.296. The molecule has 0 aliphatic carbocycles. The maximum absolute atomic E-state index is 3.44. The Morgan fingerprint density at radius 3 is 1.35 bits per heavy atom. The molecule has 0 rings (SSSR count). The molecule has 2 N–H and O–H groups in total. The fourth-order valence-corrected chi connectivity index (χ4v) is 4.82. The first-order valence-corrected chi connectivity index (χ1v) is 13.3. The Labute approximate surface area is 147 Å². The molecule has 0 fully saturated rings. The summed E-state index contributed by atoms with van der Waals surface area (Å²) in [6.07, 6.45) is 0. The van der Waals surface area contributed by atoms with Crippen LogP contribution in [0.1, 0.15) is 27.7 Å². The maximum atomic E-state index is 3.44. The van der Waals surface area contributed by atoms with Crippen molar-refractivity contribution in [2.45, 2.75) is 52.9 Å². The SMILES string of the molecule is CCNCCN(CC)CC[Si](C)(C)CCN(CC)CCNCC. The fraction of sp³-hybridized carbons (Fsp3) is 1.00. The first-order valence-electron chi connectivity index (χ1n) is 9.85. The quantitative estimate of drug-likeness (QED) is 0.333. The zero-order valence-electron chi connectivity index (χ0n) is 16.9. The van der Waals surface area contributed by atoms with Crippen molar-refractivity contribution in [3.8, 4) is 0 Å². The van der Waals surface area contributed by atoms with Crippen molar-refractivity contribution in [3.63, 3.8) is 0 Å². The van der Waals surface area contributed by atoms with Gasteiger partial charge in [-0.1, -0.05) is 40.8 Å². The Morgan fingerprint density at radius 1 is 0.652 bits per heavy atom. The molecule has 0 amide bonds. The van der Waals surface area contributed by atoms with Crippen LogP contribution in [-0.4, -0.2) is 83.3 Å². The average Bonchev–Trinajstić information content (AvgIpc) is 2.54. The molecule has 0 aromatic rings. The van der Waals surface area contributed by atoms with Crippen molar-refractivity contribution in [2.24, 2.45) is 0 Å². The highest BCUT2D eigenvalue weighted by atomic mass is 28.3. The monoisotopic (exact) mass is 344 g/mol. The van der Waals surface area contributed by atoms with Gasteiger partial charge in [-0.25, -0.2) is 0 Å². The summed E-state index contributed by atoms with van der Waals surface area (Å²) in [6, 6.07) is 2.86. The molecule has 23 heavy (non-hydrogen) atoms. The highest BCUT2D eigenvalue weighted by Gasteiger charge is 2.22. The van der Waals surface area contributed by atoms with E-state index in [-0.39, 0.29) is 0 Å². The van der Waals surface area contributed by atoms with Crippen LogP contribution in [-0.2, 0) is 0 Å². The third-order valence-electron chi connectivity index (χ3n) is 4.81. The van der Waals surface area contributed by atoms with Gasteiger partial charge in [-0.05, 0) is 51.4 Å². The van der Waals surface area contributed by atoms with Crippen molar-refractivity contribution >= 4 is 8.07 Å². The maximum Gasteiger partial charge on any atom is 0.0498 e. The summed E-state index contributed by atoms with van der Waals surface area (Å²) in [5.41, 5.74) is 0. The van der Waals surface area contributed by atoms with Crippen LogP contribution in [0.2, 0.25) is 25.2 Å². The number of nitrogens with one attached hydrogen (secondary N) is 2. The summed E-state index contributed by atoms with van der Waals surface area (Å²) >= 11 is 0. The molecular weight excluding hydrogens is 300 g/mol. The predicted molar refractivity (Wildman–Crippen MR) is 108 cm³/mol. The van der Waals surface area contributed by atoms with E-state index < -0.39 is 8.07 Å². The summed E-state index contributed by atoms with van der Waals surface area (Å²) < 4.78 is 0. The van der Waals surface area contributed by atoms with Gasteiger partial charge in [0.25, 0.3) is 0 Å². The van der Waals surface area contributed by atoms with E-state index in [1.807, 2.05) is 0 Å². The first kappa shape index (κ1) is 23.1. The molecule has 0 heterocycles. The molecule has 0 radical (unpaired) electrons. The van der Waals surface area contributed by atoms with E-state index in [4.69, 9.17) is 0 Å².